The van der Waals surface area contributed by atoms with E-state index in [1.54, 1.807) is 24.3 Å². The van der Waals surface area contributed by atoms with Crippen molar-refractivity contribution in [2.75, 3.05) is 18.4 Å². The van der Waals surface area contributed by atoms with Gasteiger partial charge in [0.25, 0.3) is 11.8 Å². The number of amides is 4. The van der Waals surface area contributed by atoms with Crippen molar-refractivity contribution in [2.45, 2.75) is 13.8 Å². The second kappa shape index (κ2) is 6.76. The van der Waals surface area contributed by atoms with Gasteiger partial charge in [0.1, 0.15) is 0 Å². The third-order valence-corrected chi connectivity index (χ3v) is 4.14. The summed E-state index contributed by atoms with van der Waals surface area (Å²) in [4.78, 5) is 37.6. The fourth-order valence-corrected chi connectivity index (χ4v) is 2.76. The van der Waals surface area contributed by atoms with E-state index in [1.807, 2.05) is 32.0 Å². The van der Waals surface area contributed by atoms with E-state index in [9.17, 15) is 14.4 Å². The number of nitrogens with one attached hydrogen (secondary N) is 2. The van der Waals surface area contributed by atoms with Crippen LogP contribution in [-0.2, 0) is 0 Å². The number of carbonyl (C=O) groups excluding carboxylic acids is 3. The Morgan fingerprint density at radius 2 is 1.64 bits per heavy atom. The molecule has 0 fully saturated rings. The first kappa shape index (κ1) is 16.7. The summed E-state index contributed by atoms with van der Waals surface area (Å²) in [7, 11) is 0. The molecule has 2 aromatic carbocycles. The Bertz CT molecular complexity index is 826. The van der Waals surface area contributed by atoms with Crippen LogP contribution in [0, 0.1) is 13.8 Å². The van der Waals surface area contributed by atoms with Gasteiger partial charge in [-0.2, -0.15) is 0 Å². The van der Waals surface area contributed by atoms with Gasteiger partial charge < -0.3 is 10.6 Å². The zero-order valence-electron chi connectivity index (χ0n) is 14.1. The molecule has 0 spiro atoms. The highest BCUT2D eigenvalue weighted by molar-refractivity contribution is 6.21. The lowest BCUT2D eigenvalue weighted by atomic mass is 10.1. The molecule has 0 atom stereocenters. The Labute approximate surface area is 145 Å². The molecule has 6 heteroatoms. The van der Waals surface area contributed by atoms with Crippen molar-refractivity contribution in [1.82, 2.24) is 10.2 Å². The molecule has 0 aliphatic carbocycles. The molecule has 0 radical (unpaired) electrons. The van der Waals surface area contributed by atoms with E-state index in [-0.39, 0.29) is 30.9 Å². The Morgan fingerprint density at radius 3 is 2.28 bits per heavy atom. The van der Waals surface area contributed by atoms with Crippen LogP contribution in [0.15, 0.2) is 42.5 Å². The Balaban J connectivity index is 1.55. The zero-order valence-corrected chi connectivity index (χ0v) is 14.1. The van der Waals surface area contributed by atoms with Crippen LogP contribution >= 0.6 is 0 Å². The Hall–Kier alpha value is -3.15. The van der Waals surface area contributed by atoms with Gasteiger partial charge in [0.05, 0.1) is 11.1 Å². The van der Waals surface area contributed by atoms with Crippen molar-refractivity contribution in [3.63, 3.8) is 0 Å². The molecule has 1 aliphatic rings. The van der Waals surface area contributed by atoms with Crippen molar-refractivity contribution in [2.24, 2.45) is 0 Å². The summed E-state index contributed by atoms with van der Waals surface area (Å²) in [5.41, 5.74) is 3.56. The molecular formula is C19H19N3O3. The van der Waals surface area contributed by atoms with Gasteiger partial charge in [-0.1, -0.05) is 24.3 Å². The molecule has 128 valence electrons. The topological polar surface area (TPSA) is 78.5 Å². The SMILES string of the molecule is Cc1ccc(C)c(NC(=O)NCCN2C(=O)c3ccccc3C2=O)c1. The first-order chi connectivity index (χ1) is 12.0. The van der Waals surface area contributed by atoms with E-state index in [1.165, 1.54) is 0 Å². The molecule has 1 heterocycles. The minimum atomic E-state index is -0.370. The monoisotopic (exact) mass is 337 g/mol. The normalized spacial score (nSPS) is 13.0. The van der Waals surface area contributed by atoms with Crippen molar-refractivity contribution in [3.05, 3.63) is 64.7 Å². The zero-order chi connectivity index (χ0) is 18.0. The summed E-state index contributed by atoms with van der Waals surface area (Å²) in [5, 5.41) is 5.45. The third kappa shape index (κ3) is 3.38. The summed E-state index contributed by atoms with van der Waals surface area (Å²) in [6, 6.07) is 12.1. The van der Waals surface area contributed by atoms with E-state index in [4.69, 9.17) is 0 Å². The standard InChI is InChI=1S/C19H19N3O3/c1-12-7-8-13(2)16(11-12)21-19(25)20-9-10-22-17(23)14-5-3-4-6-15(14)18(22)24/h3-8,11H,9-10H2,1-2H3,(H2,20,21,25). The van der Waals surface area contributed by atoms with Gasteiger partial charge >= 0.3 is 6.03 Å². The minimum absolute atomic E-state index is 0.132. The number of hydrogen-bond donors (Lipinski definition) is 2. The number of aryl methyl sites for hydroxylation is 2. The number of imide groups is 1. The van der Waals surface area contributed by atoms with Gasteiger partial charge in [-0.3, -0.25) is 14.5 Å². The first-order valence-electron chi connectivity index (χ1n) is 8.04. The molecule has 25 heavy (non-hydrogen) atoms. The highest BCUT2D eigenvalue weighted by Gasteiger charge is 2.34. The largest absolute Gasteiger partial charge is 0.336 e. The fourth-order valence-electron chi connectivity index (χ4n) is 2.76. The molecule has 4 amide bonds. The quantitative estimate of drug-likeness (QED) is 0.842. The summed E-state index contributed by atoms with van der Waals surface area (Å²) in [6.07, 6.45) is 0. The molecule has 1 aliphatic heterocycles. The number of fused-ring (bicyclic) bond motifs is 1. The van der Waals surface area contributed by atoms with E-state index in [0.29, 0.717) is 11.1 Å². The summed E-state index contributed by atoms with van der Waals surface area (Å²) in [6.45, 7) is 4.17. The molecule has 0 saturated heterocycles. The van der Waals surface area contributed by atoms with E-state index in [2.05, 4.69) is 10.6 Å². The maximum absolute atomic E-state index is 12.2. The summed E-state index contributed by atoms with van der Waals surface area (Å²) >= 11 is 0. The van der Waals surface area contributed by atoms with Crippen molar-refractivity contribution in [1.29, 1.82) is 0 Å². The number of hydrogen-bond acceptors (Lipinski definition) is 3. The number of rotatable bonds is 4. The minimum Gasteiger partial charge on any atom is -0.336 e. The van der Waals surface area contributed by atoms with Gasteiger partial charge in [-0.05, 0) is 43.2 Å². The van der Waals surface area contributed by atoms with Crippen LogP contribution in [0.1, 0.15) is 31.8 Å². The molecule has 0 aromatic heterocycles. The molecule has 2 N–H and O–H groups in total. The van der Waals surface area contributed by atoms with Gasteiger partial charge in [0, 0.05) is 18.8 Å². The smallest absolute Gasteiger partial charge is 0.319 e. The lowest BCUT2D eigenvalue weighted by Gasteiger charge is -2.15. The number of anilines is 1. The average molecular weight is 337 g/mol. The predicted octanol–water partition coefficient (Wildman–Crippen LogP) is 2.72. The predicted molar refractivity (Wildman–Crippen MR) is 94.7 cm³/mol. The average Bonchev–Trinajstić information content (AvgIpc) is 2.83. The van der Waals surface area contributed by atoms with Crippen LogP contribution in [0.2, 0.25) is 0 Å². The van der Waals surface area contributed by atoms with Gasteiger partial charge in [0.15, 0.2) is 0 Å². The summed E-state index contributed by atoms with van der Waals surface area (Å²) < 4.78 is 0. The molecule has 0 bridgehead atoms. The molecule has 0 saturated carbocycles. The van der Waals surface area contributed by atoms with Crippen LogP contribution < -0.4 is 10.6 Å². The van der Waals surface area contributed by atoms with Crippen LogP contribution in [0.25, 0.3) is 0 Å². The van der Waals surface area contributed by atoms with Crippen molar-refractivity contribution in [3.8, 4) is 0 Å². The van der Waals surface area contributed by atoms with Gasteiger partial charge in [-0.25, -0.2) is 4.79 Å². The van der Waals surface area contributed by atoms with Gasteiger partial charge in [-0.15, -0.1) is 0 Å². The molecular weight excluding hydrogens is 318 g/mol. The third-order valence-electron chi connectivity index (χ3n) is 4.14. The van der Waals surface area contributed by atoms with Crippen LogP contribution in [0.5, 0.6) is 0 Å². The second-order valence-corrected chi connectivity index (χ2v) is 6.01. The molecule has 3 rings (SSSR count). The number of urea groups is 1. The van der Waals surface area contributed by atoms with E-state index in [0.717, 1.165) is 21.7 Å². The fraction of sp³-hybridized carbons (Fsp3) is 0.211. The maximum atomic E-state index is 12.2. The van der Waals surface area contributed by atoms with Crippen molar-refractivity contribution < 1.29 is 14.4 Å². The molecule has 6 nitrogen and oxygen atoms in total. The molecule has 2 aromatic rings. The lowest BCUT2D eigenvalue weighted by molar-refractivity contribution is 0.0656. The van der Waals surface area contributed by atoms with E-state index >= 15 is 0 Å². The van der Waals surface area contributed by atoms with Crippen LogP contribution in [0.3, 0.4) is 0 Å². The van der Waals surface area contributed by atoms with Crippen LogP contribution in [-0.4, -0.2) is 35.8 Å². The van der Waals surface area contributed by atoms with E-state index < -0.39 is 0 Å². The number of nitrogens with zero attached hydrogens (tertiary/aromatic N) is 1. The molecule has 0 unspecified atom stereocenters. The van der Waals surface area contributed by atoms with Crippen LogP contribution in [0.4, 0.5) is 10.5 Å². The summed E-state index contributed by atoms with van der Waals surface area (Å²) in [5.74, 6) is -0.644. The highest BCUT2D eigenvalue weighted by atomic mass is 16.2. The highest BCUT2D eigenvalue weighted by Crippen LogP contribution is 2.21. The number of carbonyl (C=O) groups is 3. The maximum Gasteiger partial charge on any atom is 0.319 e. The second-order valence-electron chi connectivity index (χ2n) is 6.01. The Kier molecular flexibility index (Phi) is 4.52. The van der Waals surface area contributed by atoms with Crippen molar-refractivity contribution >= 4 is 23.5 Å². The lowest BCUT2D eigenvalue weighted by Crippen LogP contribution is -2.39. The van der Waals surface area contributed by atoms with Gasteiger partial charge in [0.2, 0.25) is 0 Å². The number of benzene rings is 2. The Morgan fingerprint density at radius 1 is 1.00 bits per heavy atom. The first-order valence-corrected chi connectivity index (χ1v) is 8.04.